The lowest BCUT2D eigenvalue weighted by Gasteiger charge is -2.33. The lowest BCUT2D eigenvalue weighted by molar-refractivity contribution is 0.353. The fourth-order valence-corrected chi connectivity index (χ4v) is 2.14. The van der Waals surface area contributed by atoms with Crippen LogP contribution in [-0.4, -0.2) is 20.8 Å². The summed E-state index contributed by atoms with van der Waals surface area (Å²) in [4.78, 5) is 0. The van der Waals surface area contributed by atoms with E-state index in [2.05, 4.69) is 19.2 Å². The second-order valence-electron chi connectivity index (χ2n) is 5.05. The Morgan fingerprint density at radius 2 is 1.94 bits per heavy atom. The normalized spacial score (nSPS) is 17.2. The highest BCUT2D eigenvalue weighted by Gasteiger charge is 2.27. The summed E-state index contributed by atoms with van der Waals surface area (Å²) in [7, 11) is 3.38. The van der Waals surface area contributed by atoms with Gasteiger partial charge in [-0.15, -0.1) is 0 Å². The van der Waals surface area contributed by atoms with Gasteiger partial charge in [-0.2, -0.15) is 0 Å². The summed E-state index contributed by atoms with van der Waals surface area (Å²) >= 11 is 0. The average Bonchev–Trinajstić information content (AvgIpc) is 2.26. The van der Waals surface area contributed by atoms with Crippen LogP contribution in [0.2, 0.25) is 0 Å². The van der Waals surface area contributed by atoms with Crippen molar-refractivity contribution in [2.75, 3.05) is 26.1 Å². The predicted molar refractivity (Wildman–Crippen MR) is 65.5 cm³/mol. The molecule has 0 saturated heterocycles. The summed E-state index contributed by atoms with van der Waals surface area (Å²) in [6.45, 7) is 5.50. The maximum atomic E-state index is 5.43. The maximum absolute atomic E-state index is 5.43. The third-order valence-electron chi connectivity index (χ3n) is 3.05. The number of methoxy groups -OCH3 is 2. The molecule has 0 saturated carbocycles. The first-order valence-electron chi connectivity index (χ1n) is 5.54. The molecule has 0 fully saturated rings. The van der Waals surface area contributed by atoms with E-state index in [0.29, 0.717) is 0 Å². The fourth-order valence-electron chi connectivity index (χ4n) is 2.14. The topological polar surface area (TPSA) is 30.5 Å². The van der Waals surface area contributed by atoms with Crippen molar-refractivity contribution in [2.24, 2.45) is 5.41 Å². The van der Waals surface area contributed by atoms with Crippen molar-refractivity contribution >= 4 is 5.69 Å². The van der Waals surface area contributed by atoms with Crippen molar-refractivity contribution in [3.8, 4) is 11.5 Å². The van der Waals surface area contributed by atoms with E-state index >= 15 is 0 Å². The van der Waals surface area contributed by atoms with E-state index < -0.39 is 0 Å². The molecule has 1 heterocycles. The van der Waals surface area contributed by atoms with E-state index in [-0.39, 0.29) is 5.41 Å². The molecular formula is C13H19NO2. The van der Waals surface area contributed by atoms with Gasteiger partial charge in [0.2, 0.25) is 0 Å². The molecule has 0 unspecified atom stereocenters. The van der Waals surface area contributed by atoms with E-state index in [1.807, 2.05) is 12.1 Å². The fraction of sp³-hybridized carbons (Fsp3) is 0.538. The van der Waals surface area contributed by atoms with Gasteiger partial charge in [0, 0.05) is 29.9 Å². The summed E-state index contributed by atoms with van der Waals surface area (Å²) in [6.07, 6.45) is 1.03. The van der Waals surface area contributed by atoms with Crippen molar-refractivity contribution in [3.05, 3.63) is 17.7 Å². The van der Waals surface area contributed by atoms with Crippen LogP contribution in [0.5, 0.6) is 11.5 Å². The quantitative estimate of drug-likeness (QED) is 0.833. The van der Waals surface area contributed by atoms with Crippen LogP contribution in [0.15, 0.2) is 12.1 Å². The molecule has 1 aliphatic rings. The van der Waals surface area contributed by atoms with Crippen LogP contribution in [-0.2, 0) is 6.42 Å². The van der Waals surface area contributed by atoms with Gasteiger partial charge in [0.25, 0.3) is 0 Å². The van der Waals surface area contributed by atoms with Crippen LogP contribution in [0, 0.1) is 5.41 Å². The van der Waals surface area contributed by atoms with E-state index in [9.17, 15) is 0 Å². The lowest BCUT2D eigenvalue weighted by atomic mass is 9.82. The second kappa shape index (κ2) is 3.89. The van der Waals surface area contributed by atoms with Gasteiger partial charge in [0.1, 0.15) is 11.5 Å². The molecule has 88 valence electrons. The van der Waals surface area contributed by atoms with Gasteiger partial charge in [0.15, 0.2) is 0 Å². The number of hydrogen-bond donors (Lipinski definition) is 1. The Balaban J connectivity index is 2.46. The number of ether oxygens (including phenoxy) is 2. The minimum atomic E-state index is 0.273. The maximum Gasteiger partial charge on any atom is 0.127 e. The Morgan fingerprint density at radius 3 is 2.56 bits per heavy atom. The summed E-state index contributed by atoms with van der Waals surface area (Å²) in [5, 5.41) is 3.44. The van der Waals surface area contributed by atoms with Gasteiger partial charge in [-0.1, -0.05) is 13.8 Å². The Hall–Kier alpha value is -1.38. The van der Waals surface area contributed by atoms with Crippen LogP contribution in [0.4, 0.5) is 5.69 Å². The standard InChI is InChI=1S/C13H19NO2/c1-13(2)7-10-11(14-8-13)5-9(15-3)6-12(10)16-4/h5-6,14H,7-8H2,1-4H3. The first-order chi connectivity index (χ1) is 7.55. The van der Waals surface area contributed by atoms with Crippen LogP contribution in [0.3, 0.4) is 0 Å². The second-order valence-corrected chi connectivity index (χ2v) is 5.05. The predicted octanol–water partition coefficient (Wildman–Crippen LogP) is 2.70. The number of fused-ring (bicyclic) bond motifs is 1. The molecule has 0 spiro atoms. The number of hydrogen-bond acceptors (Lipinski definition) is 3. The van der Waals surface area contributed by atoms with Crippen LogP contribution < -0.4 is 14.8 Å². The van der Waals surface area contributed by atoms with Crippen molar-refractivity contribution in [2.45, 2.75) is 20.3 Å². The minimum absolute atomic E-state index is 0.273. The molecule has 0 bridgehead atoms. The molecule has 0 aromatic heterocycles. The highest BCUT2D eigenvalue weighted by Crippen LogP contribution is 2.40. The lowest BCUT2D eigenvalue weighted by Crippen LogP contribution is -2.30. The highest BCUT2D eigenvalue weighted by molar-refractivity contribution is 5.63. The number of anilines is 1. The molecule has 1 aromatic rings. The zero-order valence-electron chi connectivity index (χ0n) is 10.4. The smallest absolute Gasteiger partial charge is 0.127 e. The molecular weight excluding hydrogens is 202 g/mol. The Morgan fingerprint density at radius 1 is 1.19 bits per heavy atom. The van der Waals surface area contributed by atoms with Crippen molar-refractivity contribution in [3.63, 3.8) is 0 Å². The van der Waals surface area contributed by atoms with Crippen molar-refractivity contribution < 1.29 is 9.47 Å². The van der Waals surface area contributed by atoms with Gasteiger partial charge >= 0.3 is 0 Å². The Kier molecular flexibility index (Phi) is 2.70. The summed E-state index contributed by atoms with van der Waals surface area (Å²) in [5.41, 5.74) is 2.66. The van der Waals surface area contributed by atoms with Gasteiger partial charge in [-0.3, -0.25) is 0 Å². The van der Waals surface area contributed by atoms with E-state index in [0.717, 1.165) is 30.2 Å². The Labute approximate surface area is 96.8 Å². The molecule has 3 nitrogen and oxygen atoms in total. The summed E-state index contributed by atoms with van der Waals surface area (Å²) < 4.78 is 10.7. The molecule has 0 amide bonds. The molecule has 0 aliphatic carbocycles. The zero-order valence-corrected chi connectivity index (χ0v) is 10.4. The first-order valence-corrected chi connectivity index (χ1v) is 5.54. The third-order valence-corrected chi connectivity index (χ3v) is 3.05. The molecule has 1 N–H and O–H groups in total. The third kappa shape index (κ3) is 1.94. The summed E-state index contributed by atoms with van der Waals surface area (Å²) in [5.74, 6) is 1.75. The van der Waals surface area contributed by atoms with E-state index in [1.54, 1.807) is 14.2 Å². The molecule has 0 radical (unpaired) electrons. The number of rotatable bonds is 2. The minimum Gasteiger partial charge on any atom is -0.497 e. The largest absolute Gasteiger partial charge is 0.497 e. The number of benzene rings is 1. The van der Waals surface area contributed by atoms with Gasteiger partial charge in [0.05, 0.1) is 14.2 Å². The van der Waals surface area contributed by atoms with Gasteiger partial charge in [-0.05, 0) is 11.8 Å². The summed E-state index contributed by atoms with van der Waals surface area (Å²) in [6, 6.07) is 3.98. The first kappa shape index (κ1) is 11.1. The van der Waals surface area contributed by atoms with Crippen LogP contribution in [0.25, 0.3) is 0 Å². The zero-order chi connectivity index (χ0) is 11.8. The van der Waals surface area contributed by atoms with Crippen LogP contribution in [0.1, 0.15) is 19.4 Å². The van der Waals surface area contributed by atoms with Gasteiger partial charge < -0.3 is 14.8 Å². The van der Waals surface area contributed by atoms with Crippen LogP contribution >= 0.6 is 0 Å². The SMILES string of the molecule is COc1cc2c(c(OC)c1)CC(C)(C)CN2. The highest BCUT2D eigenvalue weighted by atomic mass is 16.5. The monoisotopic (exact) mass is 221 g/mol. The molecule has 2 rings (SSSR count). The van der Waals surface area contributed by atoms with E-state index in [1.165, 1.54) is 5.56 Å². The number of nitrogens with one attached hydrogen (secondary N) is 1. The molecule has 0 atom stereocenters. The van der Waals surface area contributed by atoms with Crippen molar-refractivity contribution in [1.29, 1.82) is 0 Å². The van der Waals surface area contributed by atoms with Crippen molar-refractivity contribution in [1.82, 2.24) is 0 Å². The molecule has 1 aliphatic heterocycles. The molecule has 1 aromatic carbocycles. The van der Waals surface area contributed by atoms with Gasteiger partial charge in [-0.25, -0.2) is 0 Å². The molecule has 3 heteroatoms. The average molecular weight is 221 g/mol. The molecule has 16 heavy (non-hydrogen) atoms. The van der Waals surface area contributed by atoms with E-state index in [4.69, 9.17) is 9.47 Å². The Bertz CT molecular complexity index is 382.